The van der Waals surface area contributed by atoms with Gasteiger partial charge in [-0.25, -0.2) is 4.99 Å². The molecule has 0 radical (unpaired) electrons. The number of aliphatic imine (C=N–C) groups is 1. The lowest BCUT2D eigenvalue weighted by atomic mass is 9.83. The quantitative estimate of drug-likeness (QED) is 0.508. The van der Waals surface area contributed by atoms with E-state index < -0.39 is 17.2 Å². The maximum Gasteiger partial charge on any atom is 0.251 e. The van der Waals surface area contributed by atoms with Crippen LogP contribution in [0, 0.1) is 5.92 Å². The molecule has 4 atom stereocenters. The number of hydrogen-bond acceptors (Lipinski definition) is 7. The molecule has 2 amide bonds. The first kappa shape index (κ1) is 29.5. The normalized spacial score (nSPS) is 28.4. The Morgan fingerprint density at radius 1 is 1.09 bits per heavy atom. The van der Waals surface area contributed by atoms with Gasteiger partial charge in [0.25, 0.3) is 5.91 Å². The predicted molar refractivity (Wildman–Crippen MR) is 164 cm³/mol. The summed E-state index contributed by atoms with van der Waals surface area (Å²) in [6, 6.07) is 11.2. The molecule has 5 aliphatic heterocycles. The summed E-state index contributed by atoms with van der Waals surface area (Å²) in [5, 5.41) is 3.30. The molecule has 9 nitrogen and oxygen atoms in total. The fourth-order valence-corrected chi connectivity index (χ4v) is 7.34. The molecule has 0 spiro atoms. The van der Waals surface area contributed by atoms with Gasteiger partial charge in [0.1, 0.15) is 17.1 Å². The molecule has 6 bridgehead atoms. The summed E-state index contributed by atoms with van der Waals surface area (Å²) < 4.78 is 18.0. The van der Waals surface area contributed by atoms with Crippen LogP contribution in [0.5, 0.6) is 11.5 Å². The van der Waals surface area contributed by atoms with Crippen molar-refractivity contribution in [3.8, 4) is 11.5 Å². The minimum absolute atomic E-state index is 0.0472. The number of nitrogens with zero attached hydrogens (tertiary/aromatic N) is 2. The van der Waals surface area contributed by atoms with Crippen molar-refractivity contribution in [1.29, 1.82) is 0 Å². The van der Waals surface area contributed by atoms with Crippen LogP contribution >= 0.6 is 0 Å². The van der Waals surface area contributed by atoms with Crippen LogP contribution in [0.2, 0.25) is 0 Å². The molecule has 3 N–H and O–H groups in total. The number of rotatable bonds is 3. The van der Waals surface area contributed by atoms with E-state index in [1.165, 1.54) is 5.56 Å². The molecule has 0 aromatic heterocycles. The molecule has 0 fully saturated rings. The summed E-state index contributed by atoms with van der Waals surface area (Å²) in [6.45, 7) is 6.92. The Bertz CT molecular complexity index is 1440. The van der Waals surface area contributed by atoms with Crippen LogP contribution in [-0.2, 0) is 16.0 Å². The second-order valence-electron chi connectivity index (χ2n) is 13.2. The highest BCUT2D eigenvalue weighted by molar-refractivity contribution is 6.00. The molecular formula is C34H44N4O5. The summed E-state index contributed by atoms with van der Waals surface area (Å²) in [6.07, 6.45) is 6.46. The first-order chi connectivity index (χ1) is 20.6. The number of nitrogens with one attached hydrogen (secondary N) is 1. The minimum Gasteiger partial charge on any atom is -0.493 e. The smallest absolute Gasteiger partial charge is 0.251 e. The third-order valence-corrected chi connectivity index (χ3v) is 9.60. The van der Waals surface area contributed by atoms with Crippen LogP contribution in [0.1, 0.15) is 105 Å². The maximum absolute atomic E-state index is 14.0. The third-order valence-electron chi connectivity index (χ3n) is 9.60. The zero-order valence-electron chi connectivity index (χ0n) is 25.8. The van der Waals surface area contributed by atoms with Gasteiger partial charge in [-0.05, 0) is 69.4 Å². The number of ether oxygens (including phenoxy) is 3. The number of aryl methyl sites for hydroxylation is 1. The monoisotopic (exact) mass is 588 g/mol. The number of fused-ring (bicyclic) bond motifs is 6. The molecule has 43 heavy (non-hydrogen) atoms. The van der Waals surface area contributed by atoms with Gasteiger partial charge in [-0.3, -0.25) is 14.5 Å². The van der Waals surface area contributed by atoms with Gasteiger partial charge in [-0.15, -0.1) is 0 Å². The minimum atomic E-state index is -0.504. The standard InChI is InChI=1S/C34H44N4O5/c1-5-34-14-8-6-7-9-21-10-12-28-24(15-21)26(17-33(2,3)43-28)36-31(40)22-11-13-27-25(16-22)30(23(19-41-4)20-42-27)38(29(39)18-34)32(35)37-34/h10-13,15-16,23,26,30H,5-9,14,17-20H2,1-4H3,(H2,35,37)(H,36,40). The van der Waals surface area contributed by atoms with Crippen molar-refractivity contribution in [2.75, 3.05) is 20.3 Å². The van der Waals surface area contributed by atoms with Gasteiger partial charge in [-0.1, -0.05) is 31.9 Å². The van der Waals surface area contributed by atoms with E-state index in [1.54, 1.807) is 18.1 Å². The Hall–Kier alpha value is -3.59. The molecule has 230 valence electrons. The molecule has 5 heterocycles. The summed E-state index contributed by atoms with van der Waals surface area (Å²) in [5.74, 6) is 1.27. The highest BCUT2D eigenvalue weighted by Crippen LogP contribution is 2.44. The van der Waals surface area contributed by atoms with Crippen molar-refractivity contribution in [2.45, 2.75) is 95.4 Å². The second kappa shape index (κ2) is 11.5. The Labute approximate surface area is 254 Å². The fraction of sp³-hybridized carbons (Fsp3) is 0.559. The SMILES string of the molecule is CCC12CCCCCc3ccc4c(c3)C(CC(C)(C)O4)NC(=O)c3ccc4c(c3)C(C(COC)CO4)N(C(=O)C1)C(N)=N2. The van der Waals surface area contributed by atoms with Crippen LogP contribution < -0.4 is 20.5 Å². The molecule has 7 rings (SSSR count). The fourth-order valence-electron chi connectivity index (χ4n) is 7.34. The second-order valence-corrected chi connectivity index (χ2v) is 13.2. The van der Waals surface area contributed by atoms with E-state index in [4.69, 9.17) is 24.9 Å². The summed E-state index contributed by atoms with van der Waals surface area (Å²) in [5.41, 5.74) is 9.22. The van der Waals surface area contributed by atoms with E-state index >= 15 is 0 Å². The maximum atomic E-state index is 14.0. The Balaban J connectivity index is 1.44. The number of hydrogen-bond donors (Lipinski definition) is 2. The topological polar surface area (TPSA) is 115 Å². The first-order valence-electron chi connectivity index (χ1n) is 15.7. The van der Waals surface area contributed by atoms with Gasteiger partial charge >= 0.3 is 0 Å². The van der Waals surface area contributed by atoms with E-state index in [-0.39, 0.29) is 29.7 Å². The van der Waals surface area contributed by atoms with E-state index in [1.807, 2.05) is 18.2 Å². The molecule has 2 aromatic rings. The summed E-state index contributed by atoms with van der Waals surface area (Å²) >= 11 is 0. The van der Waals surface area contributed by atoms with Gasteiger partial charge in [-0.2, -0.15) is 0 Å². The van der Waals surface area contributed by atoms with E-state index in [0.717, 1.165) is 55.4 Å². The van der Waals surface area contributed by atoms with E-state index in [0.29, 0.717) is 37.4 Å². The molecule has 0 saturated carbocycles. The lowest BCUT2D eigenvalue weighted by molar-refractivity contribution is -0.133. The Morgan fingerprint density at radius 3 is 2.67 bits per heavy atom. The highest BCUT2D eigenvalue weighted by atomic mass is 16.5. The van der Waals surface area contributed by atoms with E-state index in [9.17, 15) is 9.59 Å². The van der Waals surface area contributed by atoms with Crippen molar-refractivity contribution in [3.63, 3.8) is 0 Å². The zero-order chi connectivity index (χ0) is 30.4. The van der Waals surface area contributed by atoms with Crippen LogP contribution in [0.4, 0.5) is 0 Å². The first-order valence-corrected chi connectivity index (χ1v) is 15.7. The van der Waals surface area contributed by atoms with E-state index in [2.05, 4.69) is 38.2 Å². The number of benzene rings is 2. The van der Waals surface area contributed by atoms with Crippen LogP contribution in [-0.4, -0.2) is 54.1 Å². The summed E-state index contributed by atoms with van der Waals surface area (Å²) in [7, 11) is 1.64. The Morgan fingerprint density at radius 2 is 1.91 bits per heavy atom. The van der Waals surface area contributed by atoms with Crippen LogP contribution in [0.3, 0.4) is 0 Å². The number of carbonyl (C=O) groups is 2. The Kier molecular flexibility index (Phi) is 7.87. The molecule has 5 aliphatic rings. The average Bonchev–Trinajstić information content (AvgIpc) is 2.96. The van der Waals surface area contributed by atoms with Crippen molar-refractivity contribution in [1.82, 2.24) is 10.2 Å². The number of guanidine groups is 1. The van der Waals surface area contributed by atoms with Crippen molar-refractivity contribution in [2.24, 2.45) is 16.6 Å². The molecule has 0 saturated heterocycles. The summed E-state index contributed by atoms with van der Waals surface area (Å²) in [4.78, 5) is 34.5. The molecule has 0 aliphatic carbocycles. The van der Waals surface area contributed by atoms with Gasteiger partial charge in [0.05, 0.1) is 37.3 Å². The average molecular weight is 589 g/mol. The molecule has 9 heteroatoms. The van der Waals surface area contributed by atoms with Gasteiger partial charge in [0.15, 0.2) is 5.96 Å². The number of nitrogens with two attached hydrogens (primary N) is 1. The number of methoxy groups -OCH3 is 1. The van der Waals surface area contributed by atoms with Crippen molar-refractivity contribution < 1.29 is 23.8 Å². The lowest BCUT2D eigenvalue weighted by Gasteiger charge is -2.44. The van der Waals surface area contributed by atoms with Crippen LogP contribution in [0.25, 0.3) is 0 Å². The van der Waals surface area contributed by atoms with Crippen molar-refractivity contribution >= 4 is 17.8 Å². The highest BCUT2D eigenvalue weighted by Gasteiger charge is 2.45. The van der Waals surface area contributed by atoms with Crippen molar-refractivity contribution in [3.05, 3.63) is 58.7 Å². The zero-order valence-corrected chi connectivity index (χ0v) is 25.8. The van der Waals surface area contributed by atoms with Crippen LogP contribution in [0.15, 0.2) is 41.4 Å². The predicted octanol–water partition coefficient (Wildman–Crippen LogP) is 5.23. The molecular weight excluding hydrogens is 544 g/mol. The number of carbonyl (C=O) groups excluding carboxylic acids is 2. The van der Waals surface area contributed by atoms with Gasteiger partial charge in [0.2, 0.25) is 5.91 Å². The van der Waals surface area contributed by atoms with Gasteiger partial charge in [0, 0.05) is 36.1 Å². The number of amides is 2. The largest absolute Gasteiger partial charge is 0.493 e. The third kappa shape index (κ3) is 5.71. The molecule has 4 unspecified atom stereocenters. The molecule has 2 aromatic carbocycles. The lowest BCUT2D eigenvalue weighted by Crippen LogP contribution is -2.55. The van der Waals surface area contributed by atoms with Gasteiger partial charge < -0.3 is 25.3 Å².